The van der Waals surface area contributed by atoms with Crippen LogP contribution in [-0.2, 0) is 13.6 Å². The highest BCUT2D eigenvalue weighted by molar-refractivity contribution is 5.91. The molecule has 0 aliphatic heterocycles. The quantitative estimate of drug-likeness (QED) is 0.222. The van der Waals surface area contributed by atoms with Gasteiger partial charge in [0, 0.05) is 55.4 Å². The van der Waals surface area contributed by atoms with E-state index in [9.17, 15) is 15.2 Å². The molecule has 0 saturated heterocycles. The Morgan fingerprint density at radius 1 is 1.00 bits per heavy atom. The lowest BCUT2D eigenvalue weighted by Crippen LogP contribution is -2.49. The Balaban J connectivity index is 1.17. The van der Waals surface area contributed by atoms with Crippen molar-refractivity contribution in [3.63, 3.8) is 0 Å². The second kappa shape index (κ2) is 13.2. The molecule has 6 rings (SSSR count). The first-order valence-corrected chi connectivity index (χ1v) is 14.7. The summed E-state index contributed by atoms with van der Waals surface area (Å²) in [7, 11) is 1.87. The Kier molecular flexibility index (Phi) is 8.59. The highest BCUT2D eigenvalue weighted by Crippen LogP contribution is 2.31. The van der Waals surface area contributed by atoms with Crippen molar-refractivity contribution < 1.29 is 9.90 Å². The van der Waals surface area contributed by atoms with E-state index in [4.69, 9.17) is 4.98 Å². The molecule has 1 fully saturated rings. The smallest absolute Gasteiger partial charge is 0.323 e. The van der Waals surface area contributed by atoms with Crippen molar-refractivity contribution in [1.29, 1.82) is 5.26 Å². The molecular weight excluding hydrogens is 568 g/mol. The van der Waals surface area contributed by atoms with E-state index in [1.165, 1.54) is 12.4 Å². The molecule has 12 nitrogen and oxygen atoms in total. The van der Waals surface area contributed by atoms with Gasteiger partial charge in [0.05, 0.1) is 29.2 Å². The van der Waals surface area contributed by atoms with Gasteiger partial charge < -0.3 is 15.7 Å². The predicted octanol–water partition coefficient (Wildman–Crippen LogP) is 5.05. The maximum Gasteiger partial charge on any atom is 0.323 e. The Bertz CT molecular complexity index is 1810. The molecule has 0 bridgehead atoms. The van der Waals surface area contributed by atoms with Gasteiger partial charge in [-0.25, -0.2) is 24.7 Å². The van der Waals surface area contributed by atoms with Crippen LogP contribution < -0.4 is 15.5 Å². The van der Waals surface area contributed by atoms with Crippen LogP contribution in [0.3, 0.4) is 0 Å². The maximum absolute atomic E-state index is 13.7. The Labute approximate surface area is 260 Å². The number of hydrogen-bond donors (Lipinski definition) is 3. The molecule has 226 valence electrons. The van der Waals surface area contributed by atoms with Crippen LogP contribution in [0.1, 0.15) is 36.8 Å². The first-order valence-electron chi connectivity index (χ1n) is 14.7. The van der Waals surface area contributed by atoms with Gasteiger partial charge in [0.15, 0.2) is 0 Å². The number of hydrogen-bond acceptors (Lipinski definition) is 9. The second-order valence-electron chi connectivity index (χ2n) is 10.9. The average Bonchev–Trinajstić information content (AvgIpc) is 3.52. The minimum atomic E-state index is -0.202. The van der Waals surface area contributed by atoms with Gasteiger partial charge in [-0.15, -0.1) is 0 Å². The van der Waals surface area contributed by atoms with E-state index >= 15 is 0 Å². The fourth-order valence-electron chi connectivity index (χ4n) is 5.57. The minimum absolute atomic E-state index is 0.0553. The monoisotopic (exact) mass is 600 g/mol. The van der Waals surface area contributed by atoms with E-state index in [0.717, 1.165) is 42.4 Å². The van der Waals surface area contributed by atoms with Gasteiger partial charge in [-0.3, -0.25) is 9.58 Å². The lowest BCUT2D eigenvalue weighted by atomic mass is 9.90. The predicted molar refractivity (Wildman–Crippen MR) is 169 cm³/mol. The molecule has 4 aromatic heterocycles. The molecule has 0 radical (unpaired) electrons. The summed E-state index contributed by atoms with van der Waals surface area (Å²) in [6, 6.07) is 18.9. The molecule has 12 heteroatoms. The molecule has 5 aromatic rings. The van der Waals surface area contributed by atoms with Crippen molar-refractivity contribution in [3.05, 3.63) is 96.7 Å². The lowest BCUT2D eigenvalue weighted by Gasteiger charge is -2.36. The van der Waals surface area contributed by atoms with E-state index in [2.05, 4.69) is 36.8 Å². The number of aryl methyl sites for hydroxylation is 1. The largest absolute Gasteiger partial charge is 0.493 e. The summed E-state index contributed by atoms with van der Waals surface area (Å²) in [5.74, 6) is 0.744. The van der Waals surface area contributed by atoms with Crippen LogP contribution >= 0.6 is 0 Å². The number of anilines is 2. The highest BCUT2D eigenvalue weighted by atomic mass is 16.3. The molecular formula is C33H32N10O2. The first-order chi connectivity index (χ1) is 22.0. The third-order valence-corrected chi connectivity index (χ3v) is 7.88. The topological polar surface area (TPSA) is 158 Å². The molecule has 0 spiro atoms. The SMILES string of the molecule is Cn1cc(-c2ccc(N(C(=O)NCc3ccccc3)[C@H]3CC[C@@H](Nc4ncc(C#N)c(-c5cccnc5O)n4)CC3)nc2)cn1. The summed E-state index contributed by atoms with van der Waals surface area (Å²) < 4.78 is 1.74. The van der Waals surface area contributed by atoms with E-state index < -0.39 is 0 Å². The number of carbonyl (C=O) groups excluding carboxylic acids is 1. The van der Waals surface area contributed by atoms with E-state index in [-0.39, 0.29) is 29.6 Å². The molecule has 3 N–H and O–H groups in total. The van der Waals surface area contributed by atoms with E-state index in [1.807, 2.05) is 55.7 Å². The molecule has 0 atom stereocenters. The molecule has 1 aromatic carbocycles. The molecule has 4 heterocycles. The molecule has 45 heavy (non-hydrogen) atoms. The van der Waals surface area contributed by atoms with Gasteiger partial charge >= 0.3 is 6.03 Å². The van der Waals surface area contributed by atoms with Crippen LogP contribution in [0.2, 0.25) is 0 Å². The summed E-state index contributed by atoms with van der Waals surface area (Å²) in [4.78, 5) is 33.0. The van der Waals surface area contributed by atoms with Crippen LogP contribution in [0.5, 0.6) is 5.88 Å². The number of amides is 2. The summed E-state index contributed by atoms with van der Waals surface area (Å²) in [6.45, 7) is 0.408. The zero-order chi connectivity index (χ0) is 31.2. The third kappa shape index (κ3) is 6.73. The van der Waals surface area contributed by atoms with Crippen LogP contribution in [0.15, 0.2) is 85.6 Å². The molecule has 0 unspecified atom stereocenters. The van der Waals surface area contributed by atoms with E-state index in [0.29, 0.717) is 29.6 Å². The number of carbonyl (C=O) groups is 1. The highest BCUT2D eigenvalue weighted by Gasteiger charge is 2.31. The number of benzene rings is 1. The number of nitrogens with one attached hydrogen (secondary N) is 2. The first kappa shape index (κ1) is 29.3. The Hall–Kier alpha value is -5.83. The van der Waals surface area contributed by atoms with Gasteiger partial charge in [-0.2, -0.15) is 10.4 Å². The number of pyridine rings is 2. The van der Waals surface area contributed by atoms with Crippen LogP contribution in [-0.4, -0.2) is 52.9 Å². The Morgan fingerprint density at radius 3 is 2.51 bits per heavy atom. The van der Waals surface area contributed by atoms with Gasteiger partial charge in [0.1, 0.15) is 11.9 Å². The zero-order valence-corrected chi connectivity index (χ0v) is 24.7. The van der Waals surface area contributed by atoms with Crippen LogP contribution in [0.4, 0.5) is 16.6 Å². The minimum Gasteiger partial charge on any atom is -0.493 e. The van der Waals surface area contributed by atoms with Gasteiger partial charge in [0.2, 0.25) is 11.8 Å². The Morgan fingerprint density at radius 2 is 1.82 bits per heavy atom. The van der Waals surface area contributed by atoms with Gasteiger partial charge in [-0.1, -0.05) is 30.3 Å². The number of aromatic nitrogens is 6. The summed E-state index contributed by atoms with van der Waals surface area (Å²) in [6.07, 6.45) is 11.4. The van der Waals surface area contributed by atoms with Crippen molar-refractivity contribution in [1.82, 2.24) is 35.0 Å². The fraction of sp³-hybridized carbons (Fsp3) is 0.242. The normalized spacial score (nSPS) is 16.0. The van der Waals surface area contributed by atoms with E-state index in [1.54, 1.807) is 34.1 Å². The number of aromatic hydroxyl groups is 1. The maximum atomic E-state index is 13.7. The van der Waals surface area contributed by atoms with Crippen LogP contribution in [0.25, 0.3) is 22.4 Å². The average molecular weight is 601 g/mol. The fourth-order valence-corrected chi connectivity index (χ4v) is 5.57. The molecule has 2 amide bonds. The molecule has 1 aliphatic carbocycles. The zero-order valence-electron chi connectivity index (χ0n) is 24.7. The van der Waals surface area contributed by atoms with Crippen molar-refractivity contribution >= 4 is 17.8 Å². The summed E-state index contributed by atoms with van der Waals surface area (Å²) in [5, 5.41) is 30.5. The van der Waals surface area contributed by atoms with Crippen molar-refractivity contribution in [2.45, 2.75) is 44.3 Å². The standard InChI is InChI=1S/C33H32N10O2/c1-42-21-25(20-39-42)23-9-14-29(36-18-23)43(33(45)38-17-22-6-3-2-4-7-22)27-12-10-26(11-13-27)40-32-37-19-24(16-34)30(41-32)28-8-5-15-35-31(28)44/h2-9,14-15,18-21,26-27H,10-13,17H2,1H3,(H,35,44)(H,38,45)(H,37,40,41)/t26-,27+. The van der Waals surface area contributed by atoms with Gasteiger partial charge in [-0.05, 0) is 55.5 Å². The third-order valence-electron chi connectivity index (χ3n) is 7.88. The molecule has 1 aliphatic rings. The number of urea groups is 1. The van der Waals surface area contributed by atoms with Crippen molar-refractivity contribution in [2.75, 3.05) is 10.2 Å². The van der Waals surface area contributed by atoms with Crippen molar-refractivity contribution in [3.8, 4) is 34.3 Å². The van der Waals surface area contributed by atoms with Crippen LogP contribution in [0, 0.1) is 11.3 Å². The number of nitriles is 1. The van der Waals surface area contributed by atoms with Gasteiger partial charge in [0.25, 0.3) is 0 Å². The lowest BCUT2D eigenvalue weighted by molar-refractivity contribution is 0.240. The second-order valence-corrected chi connectivity index (χ2v) is 10.9. The molecule has 1 saturated carbocycles. The summed E-state index contributed by atoms with van der Waals surface area (Å²) in [5.41, 5.74) is 3.81. The summed E-state index contributed by atoms with van der Waals surface area (Å²) >= 11 is 0. The van der Waals surface area contributed by atoms with Crippen molar-refractivity contribution in [2.24, 2.45) is 7.05 Å². The number of rotatable bonds is 8. The number of nitrogens with zero attached hydrogens (tertiary/aromatic N) is 8.